The van der Waals surface area contributed by atoms with Crippen LogP contribution in [0, 0.1) is 0 Å². The number of hydrogen-bond donors (Lipinski definition) is 8. The predicted molar refractivity (Wildman–Crippen MR) is 125 cm³/mol. The van der Waals surface area contributed by atoms with E-state index in [2.05, 4.69) is 28.6 Å². The number of rotatable bonds is 17. The number of thioether (sulfide) groups is 1. The zero-order valence-corrected chi connectivity index (χ0v) is 19.8. The van der Waals surface area contributed by atoms with E-state index in [1.165, 1.54) is 11.8 Å². The first kappa shape index (κ1) is 30.0. The minimum Gasteiger partial charge on any atom is -0.480 e. The lowest BCUT2D eigenvalue weighted by molar-refractivity contribution is -0.143. The van der Waals surface area contributed by atoms with E-state index < -0.39 is 60.2 Å². The maximum Gasteiger partial charge on any atom is 0.326 e. The van der Waals surface area contributed by atoms with Crippen LogP contribution in [-0.2, 0) is 24.0 Å². The monoisotopic (exact) mass is 494 g/mol. The smallest absolute Gasteiger partial charge is 0.326 e. The Hall–Kier alpha value is -2.03. The number of carbonyl (C=O) groups excluding carboxylic acids is 4. The van der Waals surface area contributed by atoms with Gasteiger partial charge in [0, 0.05) is 5.75 Å². The third-order valence-electron chi connectivity index (χ3n) is 4.38. The van der Waals surface area contributed by atoms with Crippen LogP contribution in [-0.4, -0.2) is 83.2 Å². The summed E-state index contributed by atoms with van der Waals surface area (Å²) in [6.45, 7) is 0.371. The van der Waals surface area contributed by atoms with E-state index in [0.29, 0.717) is 25.1 Å². The zero-order chi connectivity index (χ0) is 24.7. The molecule has 0 bridgehead atoms. The second-order valence-electron chi connectivity index (χ2n) is 7.05. The topological polar surface area (TPSA) is 220 Å². The maximum absolute atomic E-state index is 12.9. The molecule has 0 fully saturated rings. The molecule has 0 radical (unpaired) electrons. The Bertz CT molecular complexity index is 653. The summed E-state index contributed by atoms with van der Waals surface area (Å²) in [6.07, 6.45) is 2.76. The largest absolute Gasteiger partial charge is 0.480 e. The molecule has 4 atom stereocenters. The van der Waals surface area contributed by atoms with Crippen LogP contribution >= 0.6 is 24.4 Å². The van der Waals surface area contributed by atoms with Crippen molar-refractivity contribution in [2.75, 3.05) is 24.3 Å². The number of unbranched alkanes of at least 4 members (excludes halogenated alkanes) is 1. The lowest BCUT2D eigenvalue weighted by Crippen LogP contribution is -2.57. The molecule has 10 N–H and O–H groups in total. The molecule has 0 rings (SSSR count). The summed E-state index contributed by atoms with van der Waals surface area (Å²) in [5, 5.41) is 16.6. The van der Waals surface area contributed by atoms with Crippen LogP contribution < -0.4 is 33.2 Å². The van der Waals surface area contributed by atoms with Crippen LogP contribution in [0.1, 0.15) is 32.1 Å². The molecule has 0 aromatic rings. The molecule has 4 unspecified atom stereocenters. The van der Waals surface area contributed by atoms with Crippen molar-refractivity contribution in [3.63, 3.8) is 0 Å². The van der Waals surface area contributed by atoms with Crippen molar-refractivity contribution >= 4 is 54.0 Å². The molecule has 0 aromatic carbocycles. The number of carboxylic acid groups (broad SMARTS) is 1. The van der Waals surface area contributed by atoms with Crippen LogP contribution in [0.5, 0.6) is 0 Å². The molecular weight excluding hydrogens is 460 g/mol. The second kappa shape index (κ2) is 16.6. The van der Waals surface area contributed by atoms with Crippen molar-refractivity contribution in [3.8, 4) is 0 Å². The molecule has 0 aromatic heterocycles. The molecule has 0 saturated carbocycles. The summed E-state index contributed by atoms with van der Waals surface area (Å²) in [4.78, 5) is 60.1. The molecule has 4 amide bonds. The number of amides is 4. The van der Waals surface area contributed by atoms with E-state index in [0.717, 1.165) is 0 Å². The molecule has 0 spiro atoms. The van der Waals surface area contributed by atoms with E-state index in [-0.39, 0.29) is 18.6 Å². The zero-order valence-electron chi connectivity index (χ0n) is 18.0. The van der Waals surface area contributed by atoms with E-state index >= 15 is 0 Å². The van der Waals surface area contributed by atoms with Gasteiger partial charge in [0.05, 0.1) is 12.5 Å². The van der Waals surface area contributed by atoms with Crippen molar-refractivity contribution in [1.82, 2.24) is 16.0 Å². The molecule has 0 aliphatic carbocycles. The number of nitrogens with two attached hydrogens (primary N) is 3. The first-order valence-corrected chi connectivity index (χ1v) is 12.1. The Morgan fingerprint density at radius 2 is 1.47 bits per heavy atom. The van der Waals surface area contributed by atoms with E-state index in [4.69, 9.17) is 17.2 Å². The molecule has 32 heavy (non-hydrogen) atoms. The van der Waals surface area contributed by atoms with Crippen LogP contribution in [0.3, 0.4) is 0 Å². The van der Waals surface area contributed by atoms with Crippen LogP contribution in [0.25, 0.3) is 0 Å². The van der Waals surface area contributed by atoms with Gasteiger partial charge in [-0.05, 0) is 44.2 Å². The number of carboxylic acids is 1. The fraction of sp³-hybridized carbons (Fsp3) is 0.722. The SMILES string of the molecule is CSCCC(NC(=O)C(N)CS)C(=O)NC(CCCCN)C(=O)NC(CC(N)=O)C(=O)O. The number of primary amides is 1. The number of hydrogen-bond acceptors (Lipinski definition) is 9. The highest BCUT2D eigenvalue weighted by Gasteiger charge is 2.30. The molecule has 0 aliphatic heterocycles. The fourth-order valence-electron chi connectivity index (χ4n) is 2.57. The summed E-state index contributed by atoms with van der Waals surface area (Å²) in [5.41, 5.74) is 16.2. The number of carbonyl (C=O) groups is 5. The standard InChI is InChI=1S/C18H34N6O6S2/c1-32-7-5-12(22-15(26)10(20)9-31)17(28)23-11(4-2-3-6-19)16(27)24-13(18(29)30)8-14(21)25/h10-13,31H,2-9,19-20H2,1H3,(H2,21,25)(H,22,26)(H,23,28)(H,24,27)(H,29,30). The normalized spacial score (nSPS) is 14.5. The molecule has 12 nitrogen and oxygen atoms in total. The Kier molecular flexibility index (Phi) is 15.5. The van der Waals surface area contributed by atoms with Gasteiger partial charge in [0.1, 0.15) is 18.1 Å². The minimum atomic E-state index is -1.53. The quantitative estimate of drug-likeness (QED) is 0.0792. The lowest BCUT2D eigenvalue weighted by atomic mass is 10.1. The van der Waals surface area contributed by atoms with Crippen LogP contribution in [0.15, 0.2) is 0 Å². The van der Waals surface area contributed by atoms with Gasteiger partial charge in [-0.15, -0.1) is 0 Å². The molecule has 0 heterocycles. The number of thiol groups is 1. The molecule has 0 aliphatic rings. The van der Waals surface area contributed by atoms with Crippen LogP contribution in [0.2, 0.25) is 0 Å². The minimum absolute atomic E-state index is 0.0866. The Morgan fingerprint density at radius 3 is 1.94 bits per heavy atom. The van der Waals surface area contributed by atoms with Crippen molar-refractivity contribution < 1.29 is 29.1 Å². The van der Waals surface area contributed by atoms with Gasteiger partial charge >= 0.3 is 5.97 Å². The number of nitrogens with one attached hydrogen (secondary N) is 3. The summed E-state index contributed by atoms with van der Waals surface area (Å²) in [5.74, 6) is -3.66. The Labute approximate surface area is 196 Å². The summed E-state index contributed by atoms with van der Waals surface area (Å²) in [7, 11) is 0. The lowest BCUT2D eigenvalue weighted by Gasteiger charge is -2.25. The van der Waals surface area contributed by atoms with Crippen molar-refractivity contribution in [2.24, 2.45) is 17.2 Å². The average molecular weight is 495 g/mol. The van der Waals surface area contributed by atoms with Gasteiger partial charge < -0.3 is 38.3 Å². The third kappa shape index (κ3) is 12.1. The summed E-state index contributed by atoms with van der Waals surface area (Å²) < 4.78 is 0. The van der Waals surface area contributed by atoms with Gasteiger partial charge in [0.15, 0.2) is 0 Å². The molecule has 0 saturated heterocycles. The Balaban J connectivity index is 5.43. The first-order valence-electron chi connectivity index (χ1n) is 10.0. The molecule has 184 valence electrons. The fourth-order valence-corrected chi connectivity index (χ4v) is 3.21. The van der Waals surface area contributed by atoms with Gasteiger partial charge in [-0.2, -0.15) is 24.4 Å². The summed E-state index contributed by atoms with van der Waals surface area (Å²) in [6, 6.07) is -4.49. The predicted octanol–water partition coefficient (Wildman–Crippen LogP) is -2.46. The van der Waals surface area contributed by atoms with Crippen molar-refractivity contribution in [3.05, 3.63) is 0 Å². The summed E-state index contributed by atoms with van der Waals surface area (Å²) >= 11 is 5.44. The average Bonchev–Trinajstić information content (AvgIpc) is 2.73. The maximum atomic E-state index is 12.9. The van der Waals surface area contributed by atoms with Gasteiger partial charge in [0.25, 0.3) is 0 Å². The molecular formula is C18H34N6O6S2. The van der Waals surface area contributed by atoms with Gasteiger partial charge in [0.2, 0.25) is 23.6 Å². The number of aliphatic carboxylic acids is 1. The van der Waals surface area contributed by atoms with E-state index in [1.54, 1.807) is 0 Å². The first-order chi connectivity index (χ1) is 15.1. The second-order valence-corrected chi connectivity index (χ2v) is 8.40. The highest BCUT2D eigenvalue weighted by Crippen LogP contribution is 2.06. The van der Waals surface area contributed by atoms with E-state index in [9.17, 15) is 29.1 Å². The van der Waals surface area contributed by atoms with Gasteiger partial charge in [-0.25, -0.2) is 4.79 Å². The van der Waals surface area contributed by atoms with Gasteiger partial charge in [-0.1, -0.05) is 0 Å². The van der Waals surface area contributed by atoms with Gasteiger partial charge in [-0.3, -0.25) is 19.2 Å². The highest BCUT2D eigenvalue weighted by atomic mass is 32.2. The van der Waals surface area contributed by atoms with Crippen LogP contribution in [0.4, 0.5) is 0 Å². The Morgan fingerprint density at radius 1 is 0.938 bits per heavy atom. The highest BCUT2D eigenvalue weighted by molar-refractivity contribution is 7.98. The van der Waals surface area contributed by atoms with Crippen molar-refractivity contribution in [1.29, 1.82) is 0 Å². The van der Waals surface area contributed by atoms with Crippen molar-refractivity contribution in [2.45, 2.75) is 56.3 Å². The third-order valence-corrected chi connectivity index (χ3v) is 5.41. The molecule has 14 heteroatoms. The van der Waals surface area contributed by atoms with E-state index in [1.807, 2.05) is 6.26 Å².